The zero-order chi connectivity index (χ0) is 14.4. The van der Waals surface area contributed by atoms with Crippen LogP contribution in [-0.2, 0) is 4.79 Å². The minimum Gasteiger partial charge on any atom is -0.343 e. The Morgan fingerprint density at radius 2 is 2.14 bits per heavy atom. The number of nitrogens with one attached hydrogen (secondary N) is 3. The summed E-state index contributed by atoms with van der Waals surface area (Å²) in [4.78, 5) is 16.4. The summed E-state index contributed by atoms with van der Waals surface area (Å²) >= 11 is 6.03. The van der Waals surface area contributed by atoms with Crippen molar-refractivity contribution >= 4 is 28.4 Å². The second-order valence-corrected chi connectivity index (χ2v) is 5.90. The number of halogens is 1. The highest BCUT2D eigenvalue weighted by Crippen LogP contribution is 2.34. The molecule has 4 rings (SSSR count). The fraction of sp³-hybridized carbons (Fsp3) is 0.333. The van der Waals surface area contributed by atoms with Crippen LogP contribution in [0, 0.1) is 5.92 Å². The Balaban J connectivity index is 1.74. The van der Waals surface area contributed by atoms with E-state index in [0.29, 0.717) is 11.8 Å². The zero-order valence-corrected chi connectivity index (χ0v) is 12.0. The van der Waals surface area contributed by atoms with Gasteiger partial charge in [-0.15, -0.1) is 0 Å². The van der Waals surface area contributed by atoms with Crippen molar-refractivity contribution in [2.45, 2.75) is 18.6 Å². The standard InChI is InChI=1S/C15H15ClN4O/c16-12-5-4-8-2-1-3-9(13(8)20-12)11-6-10-14(19-11)17-7-18-15(10)21/h1-5,10-11,14,17,19H,6-7H2,(H,18,21). The lowest BCUT2D eigenvalue weighted by Gasteiger charge is -2.26. The third-order valence-corrected chi connectivity index (χ3v) is 4.50. The highest BCUT2D eigenvalue weighted by Gasteiger charge is 2.41. The van der Waals surface area contributed by atoms with Crippen molar-refractivity contribution in [2.75, 3.05) is 6.67 Å². The van der Waals surface area contributed by atoms with Crippen LogP contribution in [0.4, 0.5) is 0 Å². The van der Waals surface area contributed by atoms with Crippen LogP contribution in [0.15, 0.2) is 30.3 Å². The van der Waals surface area contributed by atoms with E-state index in [-0.39, 0.29) is 24.0 Å². The highest BCUT2D eigenvalue weighted by atomic mass is 35.5. The average molecular weight is 303 g/mol. The fourth-order valence-electron chi connectivity index (χ4n) is 3.27. The van der Waals surface area contributed by atoms with Crippen LogP contribution < -0.4 is 16.0 Å². The van der Waals surface area contributed by atoms with Crippen molar-refractivity contribution in [2.24, 2.45) is 5.92 Å². The molecule has 2 fully saturated rings. The van der Waals surface area contributed by atoms with E-state index in [9.17, 15) is 4.79 Å². The van der Waals surface area contributed by atoms with Crippen LogP contribution in [0.25, 0.3) is 10.9 Å². The van der Waals surface area contributed by atoms with Crippen LogP contribution in [0.5, 0.6) is 0 Å². The molecule has 1 aromatic carbocycles. The summed E-state index contributed by atoms with van der Waals surface area (Å²) in [6.07, 6.45) is 0.787. The van der Waals surface area contributed by atoms with E-state index >= 15 is 0 Å². The SMILES string of the molecule is O=C1NCNC2NC(c3cccc4ccc(Cl)nc34)CC12. The normalized spacial score (nSPS) is 28.4. The van der Waals surface area contributed by atoms with E-state index in [0.717, 1.165) is 22.9 Å². The molecule has 3 heterocycles. The molecule has 3 unspecified atom stereocenters. The summed E-state index contributed by atoms with van der Waals surface area (Å²) in [5, 5.41) is 11.2. The molecule has 3 N–H and O–H groups in total. The van der Waals surface area contributed by atoms with Gasteiger partial charge in [-0.2, -0.15) is 0 Å². The smallest absolute Gasteiger partial charge is 0.227 e. The number of nitrogens with zero attached hydrogens (tertiary/aromatic N) is 1. The third kappa shape index (κ3) is 2.18. The predicted octanol–water partition coefficient (Wildman–Crippen LogP) is 1.54. The Labute approximate surface area is 127 Å². The van der Waals surface area contributed by atoms with Gasteiger partial charge in [0.1, 0.15) is 5.15 Å². The lowest BCUT2D eigenvalue weighted by Crippen LogP contribution is -2.56. The molecule has 2 aromatic rings. The number of para-hydroxylation sites is 1. The van der Waals surface area contributed by atoms with Gasteiger partial charge in [0.2, 0.25) is 5.91 Å². The van der Waals surface area contributed by atoms with Gasteiger partial charge in [0.25, 0.3) is 0 Å². The number of fused-ring (bicyclic) bond motifs is 2. The molecule has 1 aromatic heterocycles. The molecule has 1 amide bonds. The van der Waals surface area contributed by atoms with Gasteiger partial charge >= 0.3 is 0 Å². The van der Waals surface area contributed by atoms with Crippen LogP contribution in [-0.4, -0.2) is 23.7 Å². The second-order valence-electron chi connectivity index (χ2n) is 5.51. The van der Waals surface area contributed by atoms with Crippen LogP contribution in [0.2, 0.25) is 5.15 Å². The first-order chi connectivity index (χ1) is 10.2. The molecule has 0 aliphatic carbocycles. The molecule has 21 heavy (non-hydrogen) atoms. The summed E-state index contributed by atoms with van der Waals surface area (Å²) in [5.74, 6) is 0.0677. The molecule has 2 aliphatic rings. The molecular formula is C15H15ClN4O. The van der Waals surface area contributed by atoms with Crippen molar-refractivity contribution < 1.29 is 4.79 Å². The molecule has 108 valence electrons. The molecule has 5 nitrogen and oxygen atoms in total. The zero-order valence-electron chi connectivity index (χ0n) is 11.3. The number of carbonyl (C=O) groups excluding carboxylic acids is 1. The quantitative estimate of drug-likeness (QED) is 0.699. The van der Waals surface area contributed by atoms with Crippen LogP contribution in [0.1, 0.15) is 18.0 Å². The van der Waals surface area contributed by atoms with Gasteiger partial charge in [-0.05, 0) is 24.1 Å². The monoisotopic (exact) mass is 302 g/mol. The molecular weight excluding hydrogens is 288 g/mol. The Hall–Kier alpha value is -1.69. The summed E-state index contributed by atoms with van der Waals surface area (Å²) in [6.45, 7) is 0.513. The maximum atomic E-state index is 11.9. The summed E-state index contributed by atoms with van der Waals surface area (Å²) in [5.41, 5.74) is 2.00. The Morgan fingerprint density at radius 3 is 3.00 bits per heavy atom. The van der Waals surface area contributed by atoms with Gasteiger partial charge < -0.3 is 5.32 Å². The first-order valence-electron chi connectivity index (χ1n) is 7.05. The largest absolute Gasteiger partial charge is 0.343 e. The van der Waals surface area contributed by atoms with E-state index in [1.165, 1.54) is 0 Å². The first kappa shape index (κ1) is 13.0. The van der Waals surface area contributed by atoms with Crippen molar-refractivity contribution in [3.8, 4) is 0 Å². The van der Waals surface area contributed by atoms with Gasteiger partial charge in [-0.1, -0.05) is 29.8 Å². The Kier molecular flexibility index (Phi) is 3.06. The number of amides is 1. The van der Waals surface area contributed by atoms with Crippen molar-refractivity contribution in [3.63, 3.8) is 0 Å². The molecule has 2 aliphatic heterocycles. The van der Waals surface area contributed by atoms with Crippen molar-refractivity contribution in [1.29, 1.82) is 0 Å². The molecule has 2 saturated heterocycles. The fourth-order valence-corrected chi connectivity index (χ4v) is 3.42. The molecule has 0 bridgehead atoms. The van der Waals surface area contributed by atoms with Crippen molar-refractivity contribution in [1.82, 2.24) is 20.9 Å². The van der Waals surface area contributed by atoms with Crippen LogP contribution >= 0.6 is 11.6 Å². The summed E-state index contributed by atoms with van der Waals surface area (Å²) in [6, 6.07) is 9.97. The summed E-state index contributed by atoms with van der Waals surface area (Å²) in [7, 11) is 0. The van der Waals surface area contributed by atoms with E-state index in [1.54, 1.807) is 6.07 Å². The van der Waals surface area contributed by atoms with Gasteiger partial charge in [0.05, 0.1) is 24.3 Å². The van der Waals surface area contributed by atoms with Gasteiger partial charge in [-0.25, -0.2) is 4.98 Å². The third-order valence-electron chi connectivity index (χ3n) is 4.29. The maximum Gasteiger partial charge on any atom is 0.227 e. The topological polar surface area (TPSA) is 66.1 Å². The molecule has 0 saturated carbocycles. The van der Waals surface area contributed by atoms with E-state index < -0.39 is 0 Å². The molecule has 6 heteroatoms. The van der Waals surface area contributed by atoms with E-state index in [1.807, 2.05) is 18.2 Å². The first-order valence-corrected chi connectivity index (χ1v) is 7.42. The van der Waals surface area contributed by atoms with E-state index in [4.69, 9.17) is 11.6 Å². The number of hydrogen-bond acceptors (Lipinski definition) is 4. The maximum absolute atomic E-state index is 11.9. The number of aromatic nitrogens is 1. The molecule has 0 spiro atoms. The number of benzene rings is 1. The van der Waals surface area contributed by atoms with Gasteiger partial charge in [0, 0.05) is 11.4 Å². The number of rotatable bonds is 1. The minimum atomic E-state index is -0.0433. The Bertz CT molecular complexity index is 720. The van der Waals surface area contributed by atoms with E-state index in [2.05, 4.69) is 27.0 Å². The molecule has 0 radical (unpaired) electrons. The Morgan fingerprint density at radius 1 is 1.24 bits per heavy atom. The van der Waals surface area contributed by atoms with Gasteiger partial charge in [-0.3, -0.25) is 15.4 Å². The number of hydrogen-bond donors (Lipinski definition) is 3. The lowest BCUT2D eigenvalue weighted by molar-refractivity contribution is -0.127. The second kappa shape index (κ2) is 4.94. The summed E-state index contributed by atoms with van der Waals surface area (Å²) < 4.78 is 0. The number of carbonyl (C=O) groups is 1. The van der Waals surface area contributed by atoms with Crippen LogP contribution in [0.3, 0.4) is 0 Å². The molecule has 3 atom stereocenters. The lowest BCUT2D eigenvalue weighted by atomic mass is 9.96. The predicted molar refractivity (Wildman–Crippen MR) is 80.7 cm³/mol. The van der Waals surface area contributed by atoms with Gasteiger partial charge in [0.15, 0.2) is 0 Å². The number of pyridine rings is 1. The minimum absolute atomic E-state index is 0.0261. The highest BCUT2D eigenvalue weighted by molar-refractivity contribution is 6.29. The average Bonchev–Trinajstić information content (AvgIpc) is 2.92. The van der Waals surface area contributed by atoms with Crippen molar-refractivity contribution in [3.05, 3.63) is 41.0 Å².